The molecule has 0 spiro atoms. The molecule has 14 heavy (non-hydrogen) atoms. The summed E-state index contributed by atoms with van der Waals surface area (Å²) >= 11 is 0. The molecule has 3 nitrogen and oxygen atoms in total. The third-order valence-electron chi connectivity index (χ3n) is 2.51. The summed E-state index contributed by atoms with van der Waals surface area (Å²) in [6.07, 6.45) is 0. The number of aromatic amines is 1. The van der Waals surface area contributed by atoms with Crippen LogP contribution in [0, 0.1) is 13.8 Å². The molecule has 1 aromatic heterocycles. The summed E-state index contributed by atoms with van der Waals surface area (Å²) < 4.78 is 0. The first-order chi connectivity index (χ1) is 6.52. The summed E-state index contributed by atoms with van der Waals surface area (Å²) in [5.41, 5.74) is 3.68. The number of nitrogens with zero attached hydrogens (tertiary/aromatic N) is 1. The highest BCUT2D eigenvalue weighted by molar-refractivity contribution is 5.27. The maximum Gasteiger partial charge on any atom is 0.0629 e. The van der Waals surface area contributed by atoms with E-state index in [1.807, 2.05) is 0 Å². The number of aromatic nitrogens is 2. The Morgan fingerprint density at radius 1 is 1.29 bits per heavy atom. The molecule has 1 rings (SSSR count). The molecule has 2 N–H and O–H groups in total. The Morgan fingerprint density at radius 2 is 1.93 bits per heavy atom. The summed E-state index contributed by atoms with van der Waals surface area (Å²) in [5.74, 6) is 0.524. The molecule has 0 fully saturated rings. The lowest BCUT2D eigenvalue weighted by atomic mass is 9.99. The van der Waals surface area contributed by atoms with E-state index >= 15 is 0 Å². The van der Waals surface area contributed by atoms with Gasteiger partial charge in [-0.05, 0) is 25.3 Å². The Hall–Kier alpha value is -0.830. The van der Waals surface area contributed by atoms with Gasteiger partial charge in [-0.2, -0.15) is 5.10 Å². The number of nitrogens with one attached hydrogen (secondary N) is 2. The van der Waals surface area contributed by atoms with Crippen molar-refractivity contribution in [3.8, 4) is 0 Å². The zero-order chi connectivity index (χ0) is 10.7. The highest BCUT2D eigenvalue weighted by atomic mass is 15.1. The van der Waals surface area contributed by atoms with Gasteiger partial charge in [-0.25, -0.2) is 0 Å². The molecule has 1 unspecified atom stereocenters. The quantitative estimate of drug-likeness (QED) is 0.772. The van der Waals surface area contributed by atoms with E-state index in [-0.39, 0.29) is 0 Å². The van der Waals surface area contributed by atoms with Crippen LogP contribution in [0.3, 0.4) is 0 Å². The van der Waals surface area contributed by atoms with Crippen molar-refractivity contribution in [1.29, 1.82) is 0 Å². The molecule has 0 radical (unpaired) electrons. The summed E-state index contributed by atoms with van der Waals surface area (Å²) in [7, 11) is 0. The van der Waals surface area contributed by atoms with Crippen molar-refractivity contribution in [2.24, 2.45) is 0 Å². The van der Waals surface area contributed by atoms with Crippen LogP contribution in [-0.2, 0) is 0 Å². The SMILES string of the molecule is Cc1n[nH]c(C)c1C(C)CNC(C)C. The number of hydrogen-bond donors (Lipinski definition) is 2. The van der Waals surface area contributed by atoms with Crippen molar-refractivity contribution in [2.45, 2.75) is 46.6 Å². The second-order valence-electron chi connectivity index (χ2n) is 4.31. The van der Waals surface area contributed by atoms with Crippen LogP contribution >= 0.6 is 0 Å². The molecule has 80 valence electrons. The normalized spacial score (nSPS) is 13.6. The van der Waals surface area contributed by atoms with Gasteiger partial charge < -0.3 is 5.32 Å². The zero-order valence-electron chi connectivity index (χ0n) is 9.81. The van der Waals surface area contributed by atoms with Gasteiger partial charge in [0.1, 0.15) is 0 Å². The molecule has 1 atom stereocenters. The van der Waals surface area contributed by atoms with Gasteiger partial charge in [0.25, 0.3) is 0 Å². The Labute approximate surface area is 86.3 Å². The van der Waals surface area contributed by atoms with Crippen LogP contribution in [-0.4, -0.2) is 22.8 Å². The van der Waals surface area contributed by atoms with Gasteiger partial charge in [0.2, 0.25) is 0 Å². The summed E-state index contributed by atoms with van der Waals surface area (Å²) in [6, 6.07) is 0.546. The first-order valence-electron chi connectivity index (χ1n) is 5.27. The lowest BCUT2D eigenvalue weighted by Crippen LogP contribution is -2.27. The molecule has 0 saturated heterocycles. The van der Waals surface area contributed by atoms with E-state index in [2.05, 4.69) is 50.1 Å². The fourth-order valence-electron chi connectivity index (χ4n) is 1.80. The maximum absolute atomic E-state index is 4.21. The molecular formula is C11H21N3. The summed E-state index contributed by atoms with van der Waals surface area (Å²) in [5, 5.41) is 10.7. The average Bonchev–Trinajstić information content (AvgIpc) is 2.42. The van der Waals surface area contributed by atoms with E-state index in [1.54, 1.807) is 0 Å². The number of aryl methyl sites for hydroxylation is 2. The van der Waals surface area contributed by atoms with Crippen LogP contribution in [0.1, 0.15) is 43.6 Å². The van der Waals surface area contributed by atoms with Gasteiger partial charge >= 0.3 is 0 Å². The standard InChI is InChI=1S/C11H21N3/c1-7(2)12-6-8(3)11-9(4)13-14-10(11)5/h7-8,12H,6H2,1-5H3,(H,13,14). The third-order valence-corrected chi connectivity index (χ3v) is 2.51. The predicted molar refractivity (Wildman–Crippen MR) is 59.6 cm³/mol. The van der Waals surface area contributed by atoms with Gasteiger partial charge in [-0.15, -0.1) is 0 Å². The maximum atomic E-state index is 4.21. The molecule has 0 aromatic carbocycles. The van der Waals surface area contributed by atoms with E-state index in [0.29, 0.717) is 12.0 Å². The molecule has 1 aromatic rings. The molecular weight excluding hydrogens is 174 g/mol. The minimum absolute atomic E-state index is 0.524. The van der Waals surface area contributed by atoms with Crippen LogP contribution < -0.4 is 5.32 Å². The average molecular weight is 195 g/mol. The number of hydrogen-bond acceptors (Lipinski definition) is 2. The van der Waals surface area contributed by atoms with E-state index in [9.17, 15) is 0 Å². The molecule has 0 amide bonds. The Kier molecular flexibility index (Phi) is 3.69. The molecule has 0 bridgehead atoms. The Bertz CT molecular complexity index is 269. The second-order valence-corrected chi connectivity index (χ2v) is 4.31. The fourth-order valence-corrected chi connectivity index (χ4v) is 1.80. The first-order valence-corrected chi connectivity index (χ1v) is 5.27. The smallest absolute Gasteiger partial charge is 0.0629 e. The molecule has 1 heterocycles. The highest BCUT2D eigenvalue weighted by Crippen LogP contribution is 2.20. The van der Waals surface area contributed by atoms with Crippen LogP contribution in [0.4, 0.5) is 0 Å². The lowest BCUT2D eigenvalue weighted by molar-refractivity contribution is 0.546. The van der Waals surface area contributed by atoms with Crippen LogP contribution in [0.2, 0.25) is 0 Å². The van der Waals surface area contributed by atoms with Gasteiger partial charge in [-0.3, -0.25) is 5.10 Å². The van der Waals surface area contributed by atoms with Crippen LogP contribution in [0.15, 0.2) is 0 Å². The van der Waals surface area contributed by atoms with Gasteiger partial charge in [0, 0.05) is 18.3 Å². The van der Waals surface area contributed by atoms with Crippen molar-refractivity contribution < 1.29 is 0 Å². The summed E-state index contributed by atoms with van der Waals surface area (Å²) in [4.78, 5) is 0. The second kappa shape index (κ2) is 4.60. The highest BCUT2D eigenvalue weighted by Gasteiger charge is 2.13. The van der Waals surface area contributed by atoms with Crippen LogP contribution in [0.5, 0.6) is 0 Å². The monoisotopic (exact) mass is 195 g/mol. The van der Waals surface area contributed by atoms with Crippen molar-refractivity contribution in [3.05, 3.63) is 17.0 Å². The molecule has 0 aliphatic carbocycles. The van der Waals surface area contributed by atoms with Gasteiger partial charge in [-0.1, -0.05) is 20.8 Å². The zero-order valence-corrected chi connectivity index (χ0v) is 9.81. The van der Waals surface area contributed by atoms with Gasteiger partial charge in [0.05, 0.1) is 5.69 Å². The predicted octanol–water partition coefficient (Wildman–Crippen LogP) is 2.13. The number of H-pyrrole nitrogens is 1. The molecule has 0 aliphatic heterocycles. The topological polar surface area (TPSA) is 40.7 Å². The minimum Gasteiger partial charge on any atom is -0.314 e. The molecule has 0 saturated carbocycles. The van der Waals surface area contributed by atoms with Crippen molar-refractivity contribution in [2.75, 3.05) is 6.54 Å². The van der Waals surface area contributed by atoms with Crippen LogP contribution in [0.25, 0.3) is 0 Å². The minimum atomic E-state index is 0.524. The van der Waals surface area contributed by atoms with E-state index in [1.165, 1.54) is 11.3 Å². The van der Waals surface area contributed by atoms with Crippen molar-refractivity contribution >= 4 is 0 Å². The Balaban J connectivity index is 2.64. The Morgan fingerprint density at radius 3 is 2.36 bits per heavy atom. The molecule has 0 aliphatic rings. The number of rotatable bonds is 4. The van der Waals surface area contributed by atoms with Crippen molar-refractivity contribution in [1.82, 2.24) is 15.5 Å². The van der Waals surface area contributed by atoms with Gasteiger partial charge in [0.15, 0.2) is 0 Å². The van der Waals surface area contributed by atoms with E-state index in [4.69, 9.17) is 0 Å². The third kappa shape index (κ3) is 2.58. The molecule has 3 heteroatoms. The lowest BCUT2D eigenvalue weighted by Gasteiger charge is -2.15. The summed E-state index contributed by atoms with van der Waals surface area (Å²) in [6.45, 7) is 11.7. The first kappa shape index (κ1) is 11.2. The largest absolute Gasteiger partial charge is 0.314 e. The van der Waals surface area contributed by atoms with Crippen molar-refractivity contribution in [3.63, 3.8) is 0 Å². The fraction of sp³-hybridized carbons (Fsp3) is 0.727. The van der Waals surface area contributed by atoms with E-state index in [0.717, 1.165) is 12.2 Å². The van der Waals surface area contributed by atoms with E-state index < -0.39 is 0 Å².